The monoisotopic (exact) mass is 630 g/mol. The Kier molecular flexibility index (Phi) is 18.8. The van der Waals surface area contributed by atoms with Crippen molar-refractivity contribution in [3.8, 4) is 0 Å². The fraction of sp³-hybridized carbons (Fsp3) is 0.840. The highest BCUT2D eigenvalue weighted by Crippen LogP contribution is 2.39. The van der Waals surface area contributed by atoms with Crippen molar-refractivity contribution in [3.63, 3.8) is 0 Å². The van der Waals surface area contributed by atoms with Gasteiger partial charge in [-0.25, -0.2) is 4.57 Å². The van der Waals surface area contributed by atoms with Crippen LogP contribution in [0.4, 0.5) is 0 Å². The van der Waals surface area contributed by atoms with Gasteiger partial charge in [-0.1, -0.05) is 56.2 Å². The molecule has 2 amide bonds. The van der Waals surface area contributed by atoms with Gasteiger partial charge in [-0.3, -0.25) is 23.7 Å². The Morgan fingerprint density at radius 3 is 2.02 bits per heavy atom. The van der Waals surface area contributed by atoms with Crippen LogP contribution >= 0.6 is 29.4 Å². The molecule has 0 aliphatic heterocycles. The first-order valence-electron chi connectivity index (χ1n) is 13.3. The zero-order chi connectivity index (χ0) is 31.0. The van der Waals surface area contributed by atoms with Crippen LogP contribution in [0.3, 0.4) is 0 Å². The molecule has 0 radical (unpaired) electrons. The number of amides is 2. The number of hydrogen-bond donors (Lipinski definition) is 6. The summed E-state index contributed by atoms with van der Waals surface area (Å²) >= 11 is 0. The Morgan fingerprint density at radius 1 is 0.825 bits per heavy atom. The number of phosphoric acid groups is 1. The number of phosphoric ester groups is 1. The minimum absolute atomic E-state index is 0.0158. The van der Waals surface area contributed by atoms with Crippen molar-refractivity contribution in [1.82, 2.24) is 10.6 Å². The summed E-state index contributed by atoms with van der Waals surface area (Å²) in [6.45, 7) is 8.56. The van der Waals surface area contributed by atoms with Gasteiger partial charge in [0.1, 0.15) is 18.0 Å². The standard InChI is InChI=1S/C25H47N2O10PS2/c1-6-24(2,3)22(32)23(33)27-13-12-20(30)26-14-16-40-39-15-8-10-18(28)9-7-11-19(29)21(31)25(4,5)17-37-38(34,35)36/h21-22,31-32H,6-17H2,1-5H3,(H,26,30)(H,27,33)(H2,34,35,36)/t21-,22-/m0/s1. The highest BCUT2D eigenvalue weighted by molar-refractivity contribution is 8.76. The van der Waals surface area contributed by atoms with Crippen molar-refractivity contribution in [2.45, 2.75) is 91.8 Å². The fourth-order valence-electron chi connectivity index (χ4n) is 3.20. The van der Waals surface area contributed by atoms with Crippen LogP contribution in [0, 0.1) is 10.8 Å². The molecule has 0 rings (SSSR count). The molecule has 2 atom stereocenters. The molecule has 6 N–H and O–H groups in total. The first kappa shape index (κ1) is 39.0. The molecule has 0 bridgehead atoms. The van der Waals surface area contributed by atoms with Gasteiger partial charge in [0.05, 0.1) is 6.61 Å². The van der Waals surface area contributed by atoms with Gasteiger partial charge in [0.15, 0.2) is 5.78 Å². The number of carbonyl (C=O) groups is 4. The average molecular weight is 631 g/mol. The minimum Gasteiger partial charge on any atom is -0.385 e. The Balaban J connectivity index is 3.87. The van der Waals surface area contributed by atoms with Crippen molar-refractivity contribution >= 4 is 52.8 Å². The summed E-state index contributed by atoms with van der Waals surface area (Å²) in [4.78, 5) is 65.7. The van der Waals surface area contributed by atoms with Gasteiger partial charge in [0, 0.05) is 55.7 Å². The quantitative estimate of drug-likeness (QED) is 0.0548. The summed E-state index contributed by atoms with van der Waals surface area (Å²) < 4.78 is 15.2. The summed E-state index contributed by atoms with van der Waals surface area (Å²) in [5.41, 5.74) is -1.72. The van der Waals surface area contributed by atoms with Gasteiger partial charge >= 0.3 is 7.82 Å². The van der Waals surface area contributed by atoms with Gasteiger partial charge in [0.25, 0.3) is 0 Å². The SMILES string of the molecule is CCC(C)(C)[C@@H](O)C(=O)NCCC(=O)NCCSSCCCC(=O)CCCC(=O)[C@H](O)C(C)(C)COP(=O)(O)O. The third kappa shape index (κ3) is 17.7. The van der Waals surface area contributed by atoms with E-state index >= 15 is 0 Å². The highest BCUT2D eigenvalue weighted by atomic mass is 33.1. The molecule has 0 saturated heterocycles. The van der Waals surface area contributed by atoms with Gasteiger partial charge in [-0.15, -0.1) is 0 Å². The Hall–Kier alpha value is -0.990. The molecule has 234 valence electrons. The molecule has 0 heterocycles. The lowest BCUT2D eigenvalue weighted by atomic mass is 9.83. The van der Waals surface area contributed by atoms with E-state index < -0.39 is 49.2 Å². The number of Topliss-reactive ketones (excluding diaryl/α,β-unsaturated/α-hetero) is 2. The van der Waals surface area contributed by atoms with E-state index in [4.69, 9.17) is 9.79 Å². The highest BCUT2D eigenvalue weighted by Gasteiger charge is 2.35. The minimum atomic E-state index is -4.71. The molecule has 0 aromatic rings. The van der Waals surface area contributed by atoms with Crippen LogP contribution in [0.15, 0.2) is 0 Å². The largest absolute Gasteiger partial charge is 0.469 e. The fourth-order valence-corrected chi connectivity index (χ4v) is 5.69. The second kappa shape index (κ2) is 19.2. The zero-order valence-corrected chi connectivity index (χ0v) is 26.7. The smallest absolute Gasteiger partial charge is 0.385 e. The molecular formula is C25H47N2O10PS2. The summed E-state index contributed by atoms with van der Waals surface area (Å²) in [6, 6.07) is 0. The van der Waals surface area contributed by atoms with Crippen LogP contribution in [0.25, 0.3) is 0 Å². The number of aliphatic hydroxyl groups excluding tert-OH is 2. The van der Waals surface area contributed by atoms with Crippen molar-refractivity contribution in [2.24, 2.45) is 10.8 Å². The topological polar surface area (TPSA) is 200 Å². The van der Waals surface area contributed by atoms with E-state index in [1.807, 2.05) is 6.92 Å². The van der Waals surface area contributed by atoms with Crippen LogP contribution in [-0.2, 0) is 28.3 Å². The van der Waals surface area contributed by atoms with E-state index in [0.717, 1.165) is 5.75 Å². The van der Waals surface area contributed by atoms with E-state index in [9.17, 15) is 34.0 Å². The van der Waals surface area contributed by atoms with Crippen LogP contribution in [0.1, 0.15) is 79.6 Å². The van der Waals surface area contributed by atoms with Gasteiger partial charge in [-0.2, -0.15) is 0 Å². The van der Waals surface area contributed by atoms with E-state index in [1.165, 1.54) is 13.8 Å². The predicted octanol–water partition coefficient (Wildman–Crippen LogP) is 2.37. The normalized spacial score (nSPS) is 13.9. The number of rotatable bonds is 23. The Morgan fingerprint density at radius 2 is 1.43 bits per heavy atom. The van der Waals surface area contributed by atoms with E-state index in [-0.39, 0.29) is 43.9 Å². The molecule has 12 nitrogen and oxygen atoms in total. The van der Waals surface area contributed by atoms with E-state index in [2.05, 4.69) is 15.2 Å². The summed E-state index contributed by atoms with van der Waals surface area (Å²) in [5, 5.41) is 25.6. The van der Waals surface area contributed by atoms with Crippen molar-refractivity contribution in [2.75, 3.05) is 31.2 Å². The number of aliphatic hydroxyl groups is 2. The van der Waals surface area contributed by atoms with Gasteiger partial charge < -0.3 is 30.6 Å². The van der Waals surface area contributed by atoms with E-state index in [1.54, 1.807) is 35.4 Å². The summed E-state index contributed by atoms with van der Waals surface area (Å²) in [7, 11) is -1.55. The summed E-state index contributed by atoms with van der Waals surface area (Å²) in [5.74, 6) is 0.265. The molecule has 0 aromatic carbocycles. The number of ketones is 2. The second-order valence-electron chi connectivity index (χ2n) is 10.9. The molecule has 0 aliphatic carbocycles. The van der Waals surface area contributed by atoms with Gasteiger partial charge in [-0.05, 0) is 24.7 Å². The van der Waals surface area contributed by atoms with Crippen LogP contribution in [0.2, 0.25) is 0 Å². The third-order valence-electron chi connectivity index (χ3n) is 6.35. The predicted molar refractivity (Wildman–Crippen MR) is 157 cm³/mol. The molecule has 0 aliphatic rings. The maximum absolute atomic E-state index is 12.2. The molecule has 0 saturated carbocycles. The maximum atomic E-state index is 12.2. The number of carbonyl (C=O) groups excluding carboxylic acids is 4. The maximum Gasteiger partial charge on any atom is 0.469 e. The lowest BCUT2D eigenvalue weighted by Crippen LogP contribution is -2.44. The molecule has 0 aromatic heterocycles. The lowest BCUT2D eigenvalue weighted by molar-refractivity contribution is -0.136. The van der Waals surface area contributed by atoms with Gasteiger partial charge in [0.2, 0.25) is 11.8 Å². The Labute approximate surface area is 245 Å². The Bertz CT molecular complexity index is 867. The van der Waals surface area contributed by atoms with Crippen molar-refractivity contribution in [1.29, 1.82) is 0 Å². The van der Waals surface area contributed by atoms with Crippen LogP contribution < -0.4 is 10.6 Å². The average Bonchev–Trinajstić information content (AvgIpc) is 2.87. The lowest BCUT2D eigenvalue weighted by Gasteiger charge is -2.29. The van der Waals surface area contributed by atoms with Crippen LogP contribution in [0.5, 0.6) is 0 Å². The molecule has 0 unspecified atom stereocenters. The molecular weight excluding hydrogens is 583 g/mol. The third-order valence-corrected chi connectivity index (χ3v) is 9.31. The van der Waals surface area contributed by atoms with E-state index in [0.29, 0.717) is 31.6 Å². The van der Waals surface area contributed by atoms with Crippen LogP contribution in [-0.4, -0.2) is 86.8 Å². The summed E-state index contributed by atoms with van der Waals surface area (Å²) in [6.07, 6.45) is -0.309. The molecule has 40 heavy (non-hydrogen) atoms. The molecule has 0 spiro atoms. The first-order chi connectivity index (χ1) is 18.4. The van der Waals surface area contributed by atoms with Crippen molar-refractivity contribution < 1.29 is 48.3 Å². The second-order valence-corrected chi connectivity index (χ2v) is 14.8. The number of nitrogens with one attached hydrogen (secondary N) is 2. The molecule has 15 heteroatoms. The first-order valence-corrected chi connectivity index (χ1v) is 17.3. The number of hydrogen-bond acceptors (Lipinski definition) is 10. The zero-order valence-electron chi connectivity index (χ0n) is 24.1. The molecule has 0 fully saturated rings. The van der Waals surface area contributed by atoms with Crippen molar-refractivity contribution in [3.05, 3.63) is 0 Å².